The van der Waals surface area contributed by atoms with Gasteiger partial charge in [0.1, 0.15) is 5.82 Å². The number of ether oxygens (including phenoxy) is 1. The minimum atomic E-state index is -4.61. The Morgan fingerprint density at radius 1 is 1.25 bits per heavy atom. The average molecular weight is 535 g/mol. The Bertz CT molecular complexity index is 647. The second-order valence-corrected chi connectivity index (χ2v) is 8.04. The van der Waals surface area contributed by atoms with E-state index in [1.165, 1.54) is 0 Å². The predicted molar refractivity (Wildman–Crippen MR) is 116 cm³/mol. The lowest BCUT2D eigenvalue weighted by molar-refractivity contribution is -0.138. The number of rotatable bonds is 6. The molecule has 0 spiro atoms. The van der Waals surface area contributed by atoms with Gasteiger partial charge in [0.05, 0.1) is 5.56 Å². The smallest absolute Gasteiger partial charge is 0.381 e. The number of benzene rings is 1. The molecule has 0 atom stereocenters. The van der Waals surface area contributed by atoms with Crippen LogP contribution in [-0.4, -0.2) is 43.3 Å². The normalized spacial score (nSPS) is 17.0. The highest BCUT2D eigenvalue weighted by atomic mass is 127. The number of nitrogens with one attached hydrogen (secondary N) is 2. The van der Waals surface area contributed by atoms with Crippen LogP contribution in [0.25, 0.3) is 0 Å². The van der Waals surface area contributed by atoms with Crippen molar-refractivity contribution in [1.29, 1.82) is 0 Å². The van der Waals surface area contributed by atoms with Gasteiger partial charge in [-0.25, -0.2) is 4.39 Å². The van der Waals surface area contributed by atoms with Crippen LogP contribution in [0.1, 0.15) is 30.9 Å². The number of hydrogen-bond donors (Lipinski definition) is 2. The fraction of sp³-hybridized carbons (Fsp3) is 0.611. The van der Waals surface area contributed by atoms with Crippen molar-refractivity contribution < 1.29 is 22.3 Å². The molecule has 1 saturated heterocycles. The highest BCUT2D eigenvalue weighted by Gasteiger charge is 2.34. The summed E-state index contributed by atoms with van der Waals surface area (Å²) in [7, 11) is 1.56. The zero-order valence-corrected chi connectivity index (χ0v) is 19.0. The number of aliphatic imine (C=N–C) groups is 1. The molecule has 0 aliphatic carbocycles. The van der Waals surface area contributed by atoms with Crippen LogP contribution in [0.3, 0.4) is 0 Å². The molecule has 1 aliphatic heterocycles. The van der Waals surface area contributed by atoms with Gasteiger partial charge in [0.2, 0.25) is 0 Å². The number of nitrogens with zero attached hydrogens (tertiary/aromatic N) is 1. The maximum atomic E-state index is 13.2. The lowest BCUT2D eigenvalue weighted by atomic mass is 9.99. The minimum absolute atomic E-state index is 0. The molecule has 2 rings (SSSR count). The van der Waals surface area contributed by atoms with E-state index in [1.807, 2.05) is 11.8 Å². The van der Waals surface area contributed by atoms with E-state index in [0.717, 1.165) is 30.7 Å². The van der Waals surface area contributed by atoms with Crippen LogP contribution < -0.4 is 10.6 Å². The first-order chi connectivity index (χ1) is 12.8. The molecule has 1 fully saturated rings. The number of halogens is 5. The van der Waals surface area contributed by atoms with Gasteiger partial charge in [0.15, 0.2) is 5.96 Å². The molecule has 0 saturated carbocycles. The highest BCUT2D eigenvalue weighted by Crippen LogP contribution is 2.35. The highest BCUT2D eigenvalue weighted by molar-refractivity contribution is 14.0. The van der Waals surface area contributed by atoms with Crippen molar-refractivity contribution in [2.75, 3.05) is 32.6 Å². The Labute approximate surface area is 184 Å². The standard InChI is InChI=1S/C18H25F4N3OS.HI/c1-3-27-17(6-8-26-9-7-17)12-25-16(23-2)24-11-13-4-5-14(19)10-15(13)18(20,21)22;/h4-5,10H,3,6-9,11-12H2,1-2H3,(H2,23,24,25);1H. The molecule has 0 unspecified atom stereocenters. The summed E-state index contributed by atoms with van der Waals surface area (Å²) >= 11 is 1.86. The largest absolute Gasteiger partial charge is 0.416 e. The Hall–Kier alpha value is -0.750. The third-order valence-corrected chi connectivity index (χ3v) is 5.93. The number of guanidine groups is 1. The summed E-state index contributed by atoms with van der Waals surface area (Å²) in [6.45, 7) is 4.04. The molecule has 0 aromatic heterocycles. The van der Waals surface area contributed by atoms with E-state index in [0.29, 0.717) is 31.8 Å². The third kappa shape index (κ3) is 7.25. The maximum absolute atomic E-state index is 13.2. The van der Waals surface area contributed by atoms with E-state index in [1.54, 1.807) is 7.05 Å². The second kappa shape index (κ2) is 11.4. The van der Waals surface area contributed by atoms with Gasteiger partial charge < -0.3 is 15.4 Å². The van der Waals surface area contributed by atoms with Crippen LogP contribution >= 0.6 is 35.7 Å². The monoisotopic (exact) mass is 535 g/mol. The molecular weight excluding hydrogens is 509 g/mol. The maximum Gasteiger partial charge on any atom is 0.416 e. The zero-order valence-electron chi connectivity index (χ0n) is 15.9. The average Bonchev–Trinajstić information content (AvgIpc) is 2.63. The van der Waals surface area contributed by atoms with Crippen LogP contribution in [0.15, 0.2) is 23.2 Å². The molecule has 0 bridgehead atoms. The van der Waals surface area contributed by atoms with Gasteiger partial charge in [-0.2, -0.15) is 24.9 Å². The first kappa shape index (κ1) is 25.3. The van der Waals surface area contributed by atoms with Crippen molar-refractivity contribution in [2.24, 2.45) is 4.99 Å². The molecule has 10 heteroatoms. The van der Waals surface area contributed by atoms with E-state index < -0.39 is 17.6 Å². The fourth-order valence-electron chi connectivity index (χ4n) is 3.03. The molecule has 1 aromatic rings. The summed E-state index contributed by atoms with van der Waals surface area (Å²) in [6.07, 6.45) is -2.79. The Kier molecular flexibility index (Phi) is 10.3. The summed E-state index contributed by atoms with van der Waals surface area (Å²) in [5.74, 6) is 0.472. The van der Waals surface area contributed by atoms with E-state index >= 15 is 0 Å². The van der Waals surface area contributed by atoms with Crippen LogP contribution in [0, 0.1) is 5.82 Å². The zero-order chi connectivity index (χ0) is 19.9. The van der Waals surface area contributed by atoms with Crippen molar-refractivity contribution in [1.82, 2.24) is 10.6 Å². The van der Waals surface area contributed by atoms with Gasteiger partial charge in [0.25, 0.3) is 0 Å². The van der Waals surface area contributed by atoms with Crippen molar-refractivity contribution in [3.8, 4) is 0 Å². The van der Waals surface area contributed by atoms with Gasteiger partial charge in [-0.05, 0) is 36.3 Å². The second-order valence-electron chi connectivity index (χ2n) is 6.31. The Morgan fingerprint density at radius 2 is 1.93 bits per heavy atom. The summed E-state index contributed by atoms with van der Waals surface area (Å²) in [5, 5.41) is 6.10. The van der Waals surface area contributed by atoms with Gasteiger partial charge >= 0.3 is 6.18 Å². The van der Waals surface area contributed by atoms with Crippen LogP contribution in [0.2, 0.25) is 0 Å². The predicted octanol–water partition coefficient (Wildman–Crippen LogP) is 4.43. The molecule has 2 N–H and O–H groups in total. The van der Waals surface area contributed by atoms with E-state index in [-0.39, 0.29) is 40.8 Å². The lowest BCUT2D eigenvalue weighted by Gasteiger charge is -2.37. The fourth-order valence-corrected chi connectivity index (χ4v) is 4.27. The minimum Gasteiger partial charge on any atom is -0.381 e. The topological polar surface area (TPSA) is 45.7 Å². The summed E-state index contributed by atoms with van der Waals surface area (Å²) < 4.78 is 58.0. The molecule has 160 valence electrons. The third-order valence-electron chi connectivity index (χ3n) is 4.48. The Morgan fingerprint density at radius 3 is 2.50 bits per heavy atom. The van der Waals surface area contributed by atoms with Crippen molar-refractivity contribution in [3.05, 3.63) is 35.1 Å². The summed E-state index contributed by atoms with van der Waals surface area (Å²) in [6, 6.07) is 2.69. The molecular formula is C18H26F4IN3OS. The quantitative estimate of drug-likeness (QED) is 0.245. The van der Waals surface area contributed by atoms with E-state index in [4.69, 9.17) is 4.74 Å². The lowest BCUT2D eigenvalue weighted by Crippen LogP contribution is -2.48. The molecule has 28 heavy (non-hydrogen) atoms. The van der Waals surface area contributed by atoms with Gasteiger partial charge in [-0.1, -0.05) is 13.0 Å². The number of thioether (sulfide) groups is 1. The van der Waals surface area contributed by atoms with Crippen molar-refractivity contribution in [3.63, 3.8) is 0 Å². The molecule has 4 nitrogen and oxygen atoms in total. The van der Waals surface area contributed by atoms with Gasteiger partial charge in [0, 0.05) is 38.1 Å². The molecule has 1 heterocycles. The SMILES string of the molecule is CCSC1(CNC(=NC)NCc2ccc(F)cc2C(F)(F)F)CCOCC1.I. The van der Waals surface area contributed by atoms with Crippen LogP contribution in [0.5, 0.6) is 0 Å². The Balaban J connectivity index is 0.00000392. The van der Waals surface area contributed by atoms with E-state index in [9.17, 15) is 17.6 Å². The van der Waals surface area contributed by atoms with E-state index in [2.05, 4.69) is 22.5 Å². The summed E-state index contributed by atoms with van der Waals surface area (Å²) in [4.78, 5) is 4.09. The summed E-state index contributed by atoms with van der Waals surface area (Å²) in [5.41, 5.74) is -1.01. The number of alkyl halides is 3. The molecule has 0 radical (unpaired) electrons. The van der Waals surface area contributed by atoms with Crippen LogP contribution in [-0.2, 0) is 17.5 Å². The molecule has 1 aliphatic rings. The molecule has 1 aromatic carbocycles. The van der Waals surface area contributed by atoms with Crippen molar-refractivity contribution >= 4 is 41.7 Å². The first-order valence-electron chi connectivity index (χ1n) is 8.81. The van der Waals surface area contributed by atoms with Crippen molar-refractivity contribution in [2.45, 2.75) is 37.2 Å². The van der Waals surface area contributed by atoms with Gasteiger partial charge in [-0.3, -0.25) is 4.99 Å². The van der Waals surface area contributed by atoms with Crippen LogP contribution in [0.4, 0.5) is 17.6 Å². The number of hydrogen-bond acceptors (Lipinski definition) is 3. The first-order valence-corrected chi connectivity index (χ1v) is 9.80. The molecule has 0 amide bonds. The van der Waals surface area contributed by atoms with Gasteiger partial charge in [-0.15, -0.1) is 24.0 Å².